The van der Waals surface area contributed by atoms with Gasteiger partial charge in [-0.05, 0) is 35.8 Å². The quantitative estimate of drug-likeness (QED) is 0.535. The third-order valence-electron chi connectivity index (χ3n) is 7.63. The van der Waals surface area contributed by atoms with Crippen molar-refractivity contribution in [2.24, 2.45) is 17.8 Å². The minimum atomic E-state index is -1.41. The molecular formula is C22H30Si2. The highest BCUT2D eigenvalue weighted by Gasteiger charge is 2.51. The van der Waals surface area contributed by atoms with E-state index in [1.54, 1.807) is 5.20 Å². The summed E-state index contributed by atoms with van der Waals surface area (Å²) in [7, 11) is -2.71. The summed E-state index contributed by atoms with van der Waals surface area (Å²) in [5.41, 5.74) is 2.50. The van der Waals surface area contributed by atoms with Gasteiger partial charge in [0.2, 0.25) is 0 Å². The van der Waals surface area contributed by atoms with Gasteiger partial charge in [-0.25, -0.2) is 0 Å². The van der Waals surface area contributed by atoms with E-state index in [1.165, 1.54) is 18.4 Å². The number of fused-ring (bicyclic) bond motifs is 2. The Kier molecular flexibility index (Phi) is 3.89. The zero-order valence-electron chi connectivity index (χ0n) is 15.5. The fourth-order valence-corrected chi connectivity index (χ4v) is 16.2. The minimum Gasteiger partial charge on any atom is -0.0808 e. The molecule has 4 aliphatic carbocycles. The molecule has 0 aromatic carbocycles. The molecule has 4 aliphatic rings. The van der Waals surface area contributed by atoms with Crippen molar-refractivity contribution in [2.45, 2.75) is 44.6 Å². The summed E-state index contributed by atoms with van der Waals surface area (Å²) in [6.07, 6.45) is 26.6. The van der Waals surface area contributed by atoms with Gasteiger partial charge in [-0.3, -0.25) is 0 Å². The lowest BCUT2D eigenvalue weighted by Gasteiger charge is -2.44. The molecule has 0 aliphatic heterocycles. The van der Waals surface area contributed by atoms with E-state index in [-0.39, 0.29) is 0 Å². The monoisotopic (exact) mass is 350 g/mol. The normalized spacial score (nSPS) is 34.2. The van der Waals surface area contributed by atoms with Crippen molar-refractivity contribution in [1.29, 1.82) is 0 Å². The Bertz CT molecular complexity index is 692. The van der Waals surface area contributed by atoms with Crippen LogP contribution in [0.5, 0.6) is 0 Å². The van der Waals surface area contributed by atoms with E-state index in [9.17, 15) is 0 Å². The second-order valence-electron chi connectivity index (χ2n) is 9.15. The van der Waals surface area contributed by atoms with Gasteiger partial charge in [-0.15, -0.1) is 0 Å². The van der Waals surface area contributed by atoms with Crippen molar-refractivity contribution in [1.82, 2.24) is 0 Å². The van der Waals surface area contributed by atoms with Crippen LogP contribution in [0.15, 0.2) is 71.5 Å². The molecule has 0 bridgehead atoms. The maximum atomic E-state index is 2.71. The van der Waals surface area contributed by atoms with Crippen molar-refractivity contribution in [3.8, 4) is 0 Å². The van der Waals surface area contributed by atoms with Crippen molar-refractivity contribution in [2.75, 3.05) is 0 Å². The van der Waals surface area contributed by atoms with Crippen molar-refractivity contribution in [3.05, 3.63) is 71.5 Å². The van der Waals surface area contributed by atoms with E-state index in [1.807, 2.05) is 0 Å². The zero-order chi connectivity index (χ0) is 16.9. The van der Waals surface area contributed by atoms with Crippen LogP contribution in [0.25, 0.3) is 0 Å². The average Bonchev–Trinajstić information content (AvgIpc) is 3.19. The lowest BCUT2D eigenvalue weighted by atomic mass is 9.92. The van der Waals surface area contributed by atoms with Crippen LogP contribution in [-0.2, 0) is 0 Å². The first-order chi connectivity index (χ1) is 11.4. The first-order valence-corrected chi connectivity index (χ1v) is 16.6. The summed E-state index contributed by atoms with van der Waals surface area (Å²) < 4.78 is 0. The predicted molar refractivity (Wildman–Crippen MR) is 111 cm³/mol. The molecule has 0 N–H and O–H groups in total. The molecule has 0 spiro atoms. The molecule has 0 radical (unpaired) electrons. The molecule has 0 amide bonds. The molecule has 3 unspecified atom stereocenters. The SMILES string of the molecule is C[Si](C)(C1=CC2C=CC=CC2=C1)[Si](C)(C)C1CC2C=CC=CC2C1. The van der Waals surface area contributed by atoms with Crippen molar-refractivity contribution < 1.29 is 0 Å². The maximum absolute atomic E-state index is 2.71. The van der Waals surface area contributed by atoms with E-state index in [4.69, 9.17) is 0 Å². The van der Waals surface area contributed by atoms with Crippen LogP contribution in [0.1, 0.15) is 12.8 Å². The van der Waals surface area contributed by atoms with Crippen LogP contribution < -0.4 is 0 Å². The lowest BCUT2D eigenvalue weighted by Crippen LogP contribution is -2.58. The fourth-order valence-electron chi connectivity index (χ4n) is 5.11. The summed E-state index contributed by atoms with van der Waals surface area (Å²) >= 11 is 0. The zero-order valence-corrected chi connectivity index (χ0v) is 17.5. The summed E-state index contributed by atoms with van der Waals surface area (Å²) in [4.78, 5) is 0. The Labute approximate surface area is 149 Å². The van der Waals surface area contributed by atoms with E-state index in [0.717, 1.165) is 17.4 Å². The smallest absolute Gasteiger partial charge is 0.0738 e. The van der Waals surface area contributed by atoms with Crippen molar-refractivity contribution >= 4 is 15.2 Å². The van der Waals surface area contributed by atoms with Crippen molar-refractivity contribution in [3.63, 3.8) is 0 Å². The Hall–Kier alpha value is -1.13. The second-order valence-corrected chi connectivity index (χ2v) is 24.9. The molecular weight excluding hydrogens is 320 g/mol. The lowest BCUT2D eigenvalue weighted by molar-refractivity contribution is 0.552. The van der Waals surface area contributed by atoms with Gasteiger partial charge in [-0.1, -0.05) is 92.1 Å². The van der Waals surface area contributed by atoms with Gasteiger partial charge in [0.25, 0.3) is 0 Å². The molecule has 1 saturated carbocycles. The molecule has 0 nitrogen and oxygen atoms in total. The summed E-state index contributed by atoms with van der Waals surface area (Å²) in [5, 5.41) is 1.73. The molecule has 0 heterocycles. The molecule has 0 aromatic rings. The van der Waals surface area contributed by atoms with Crippen LogP contribution in [0.3, 0.4) is 0 Å². The molecule has 0 saturated heterocycles. The largest absolute Gasteiger partial charge is 0.0808 e. The van der Waals surface area contributed by atoms with E-state index >= 15 is 0 Å². The second kappa shape index (κ2) is 5.70. The summed E-state index contributed by atoms with van der Waals surface area (Å²) in [6.45, 7) is 10.8. The number of rotatable bonds is 3. The topological polar surface area (TPSA) is 0 Å². The van der Waals surface area contributed by atoms with E-state index in [0.29, 0.717) is 5.92 Å². The first-order valence-electron chi connectivity index (χ1n) is 9.53. The Balaban J connectivity index is 1.60. The minimum absolute atomic E-state index is 0.554. The molecule has 3 atom stereocenters. The number of hydrogen-bond acceptors (Lipinski definition) is 0. The van der Waals surface area contributed by atoms with Crippen LogP contribution in [0, 0.1) is 17.8 Å². The third kappa shape index (κ3) is 2.46. The Morgan fingerprint density at radius 2 is 1.46 bits per heavy atom. The van der Waals surface area contributed by atoms with Crippen LogP contribution in [-0.4, -0.2) is 15.2 Å². The molecule has 4 rings (SSSR count). The highest BCUT2D eigenvalue weighted by Crippen LogP contribution is 2.52. The molecule has 1 fully saturated rings. The fraction of sp³-hybridized carbons (Fsp3) is 0.455. The average molecular weight is 351 g/mol. The predicted octanol–water partition coefficient (Wildman–Crippen LogP) is 6.15. The van der Waals surface area contributed by atoms with Gasteiger partial charge in [0, 0.05) is 13.5 Å². The molecule has 0 aromatic heterocycles. The van der Waals surface area contributed by atoms with E-state index < -0.39 is 15.2 Å². The molecule has 2 heteroatoms. The molecule has 24 heavy (non-hydrogen) atoms. The summed E-state index contributed by atoms with van der Waals surface area (Å²) in [6, 6.07) is 0. The standard InChI is InChI=1S/C22H30Si2/c1-23(2,21-13-17-9-5-6-10-18(17)14-21)24(3,4)22-15-19-11-7-8-12-20(19)16-22/h5-14,17,19-20,22H,15-16H2,1-4H3. The Morgan fingerprint density at radius 3 is 2.08 bits per heavy atom. The number of hydrogen-bond donors (Lipinski definition) is 0. The summed E-state index contributed by atoms with van der Waals surface area (Å²) in [5.74, 6) is 2.19. The van der Waals surface area contributed by atoms with Gasteiger partial charge in [0.05, 0.1) is 7.59 Å². The Morgan fingerprint density at radius 1 is 0.833 bits per heavy atom. The van der Waals surface area contributed by atoms with Crippen LogP contribution in [0.4, 0.5) is 0 Å². The van der Waals surface area contributed by atoms with E-state index in [2.05, 4.69) is 86.9 Å². The van der Waals surface area contributed by atoms with Crippen LogP contribution in [0.2, 0.25) is 31.7 Å². The van der Waals surface area contributed by atoms with Gasteiger partial charge in [-0.2, -0.15) is 0 Å². The molecule has 126 valence electrons. The third-order valence-corrected chi connectivity index (χ3v) is 26.9. The van der Waals surface area contributed by atoms with Crippen LogP contribution >= 0.6 is 0 Å². The maximum Gasteiger partial charge on any atom is 0.0738 e. The highest BCUT2D eigenvalue weighted by molar-refractivity contribution is 7.44. The van der Waals surface area contributed by atoms with Gasteiger partial charge in [0.1, 0.15) is 0 Å². The van der Waals surface area contributed by atoms with Gasteiger partial charge in [0.15, 0.2) is 0 Å². The number of allylic oxidation sites excluding steroid dienone is 12. The first kappa shape index (κ1) is 16.3. The van der Waals surface area contributed by atoms with Gasteiger partial charge >= 0.3 is 0 Å². The van der Waals surface area contributed by atoms with Gasteiger partial charge < -0.3 is 0 Å². The highest BCUT2D eigenvalue weighted by atomic mass is 29.3.